The second-order valence-electron chi connectivity index (χ2n) is 7.12. The molecule has 1 amide bonds. The number of nitrogens with zero attached hydrogens (tertiary/aromatic N) is 2. The van der Waals surface area contributed by atoms with Gasteiger partial charge in [0.25, 0.3) is 5.91 Å². The number of aryl methyl sites for hydroxylation is 1. The Morgan fingerprint density at radius 3 is 2.59 bits per heavy atom. The van der Waals surface area contributed by atoms with Crippen molar-refractivity contribution in [1.29, 1.82) is 0 Å². The summed E-state index contributed by atoms with van der Waals surface area (Å²) in [5.74, 6) is 0.351. The van der Waals surface area contributed by atoms with Gasteiger partial charge in [-0.2, -0.15) is 0 Å². The fourth-order valence-electron chi connectivity index (χ4n) is 3.27. The lowest BCUT2D eigenvalue weighted by molar-refractivity contribution is 0.0917. The first-order valence-electron chi connectivity index (χ1n) is 9.51. The van der Waals surface area contributed by atoms with Crippen molar-refractivity contribution < 1.29 is 4.79 Å². The Labute approximate surface area is 161 Å². The van der Waals surface area contributed by atoms with Crippen LogP contribution in [-0.4, -0.2) is 21.5 Å². The predicted octanol–water partition coefficient (Wildman–Crippen LogP) is 4.70. The summed E-state index contributed by atoms with van der Waals surface area (Å²) in [5, 5.41) is 3.22. The zero-order chi connectivity index (χ0) is 19.2. The summed E-state index contributed by atoms with van der Waals surface area (Å²) in [4.78, 5) is 17.0. The van der Waals surface area contributed by atoms with E-state index in [4.69, 9.17) is 0 Å². The Morgan fingerprint density at radius 2 is 1.96 bits per heavy atom. The minimum Gasteiger partial charge on any atom is -0.347 e. The Hall–Kier alpha value is -2.88. The van der Waals surface area contributed by atoms with Gasteiger partial charge in [-0.3, -0.25) is 4.79 Å². The van der Waals surface area contributed by atoms with Gasteiger partial charge in [0.1, 0.15) is 0 Å². The maximum absolute atomic E-state index is 12.9. The zero-order valence-corrected chi connectivity index (χ0v) is 16.2. The third-order valence-electron chi connectivity index (χ3n) is 5.19. The van der Waals surface area contributed by atoms with Crippen LogP contribution in [0.25, 0.3) is 11.1 Å². The van der Waals surface area contributed by atoms with Gasteiger partial charge >= 0.3 is 0 Å². The number of hydrogen-bond donors (Lipinski definition) is 1. The van der Waals surface area contributed by atoms with E-state index in [-0.39, 0.29) is 11.9 Å². The summed E-state index contributed by atoms with van der Waals surface area (Å²) < 4.78 is 2.01. The van der Waals surface area contributed by atoms with E-state index in [1.807, 2.05) is 47.2 Å². The highest BCUT2D eigenvalue weighted by Gasteiger charge is 2.20. The minimum absolute atomic E-state index is 0.0249. The van der Waals surface area contributed by atoms with Crippen molar-refractivity contribution in [2.24, 2.45) is 5.92 Å². The molecule has 140 valence electrons. The largest absolute Gasteiger partial charge is 0.347 e. The number of hydrogen-bond acceptors (Lipinski definition) is 2. The van der Waals surface area contributed by atoms with Gasteiger partial charge in [0.15, 0.2) is 0 Å². The fraction of sp³-hybridized carbons (Fsp3) is 0.304. The maximum Gasteiger partial charge on any atom is 0.251 e. The van der Waals surface area contributed by atoms with E-state index < -0.39 is 0 Å². The number of carbonyl (C=O) groups is 1. The quantitative estimate of drug-likeness (QED) is 0.663. The van der Waals surface area contributed by atoms with E-state index in [0.29, 0.717) is 11.5 Å². The minimum atomic E-state index is -0.0249. The van der Waals surface area contributed by atoms with Gasteiger partial charge in [0.2, 0.25) is 0 Å². The summed E-state index contributed by atoms with van der Waals surface area (Å²) in [5.41, 5.74) is 4.12. The van der Waals surface area contributed by atoms with Crippen LogP contribution in [0.2, 0.25) is 0 Å². The van der Waals surface area contributed by atoms with Crippen molar-refractivity contribution in [1.82, 2.24) is 14.9 Å². The van der Waals surface area contributed by atoms with Crippen molar-refractivity contribution in [2.45, 2.75) is 39.8 Å². The van der Waals surface area contributed by atoms with Crippen molar-refractivity contribution in [2.75, 3.05) is 0 Å². The molecule has 1 N–H and O–H groups in total. The van der Waals surface area contributed by atoms with Crippen LogP contribution < -0.4 is 5.32 Å². The van der Waals surface area contributed by atoms with Crippen LogP contribution in [-0.2, 0) is 6.54 Å². The standard InChI is InChI=1S/C23H27N3O/c1-4-17(2)22(15-26-13-12-24-16-26)25-23(27)20-10-11-21(18(3)14-20)19-8-6-5-7-9-19/h5-14,16-17,22H,4,15H2,1-3H3,(H,25,27)/t17-,22+/m0/s1. The summed E-state index contributed by atoms with van der Waals surface area (Å²) in [6.07, 6.45) is 6.49. The first kappa shape index (κ1) is 18.9. The van der Waals surface area contributed by atoms with Gasteiger partial charge in [-0.1, -0.05) is 56.7 Å². The van der Waals surface area contributed by atoms with E-state index in [9.17, 15) is 4.79 Å². The van der Waals surface area contributed by atoms with E-state index in [1.165, 1.54) is 5.56 Å². The van der Waals surface area contributed by atoms with E-state index in [1.54, 1.807) is 12.5 Å². The molecule has 0 bridgehead atoms. The Kier molecular flexibility index (Phi) is 6.07. The molecule has 0 unspecified atom stereocenters. The van der Waals surface area contributed by atoms with Gasteiger partial charge in [0.05, 0.1) is 6.33 Å². The smallest absolute Gasteiger partial charge is 0.251 e. The number of nitrogens with one attached hydrogen (secondary N) is 1. The number of rotatable bonds is 7. The number of imidazole rings is 1. The molecule has 0 aliphatic rings. The van der Waals surface area contributed by atoms with Crippen molar-refractivity contribution >= 4 is 5.91 Å². The average molecular weight is 361 g/mol. The van der Waals surface area contributed by atoms with Crippen molar-refractivity contribution in [3.63, 3.8) is 0 Å². The highest BCUT2D eigenvalue weighted by Crippen LogP contribution is 2.24. The average Bonchev–Trinajstić information content (AvgIpc) is 3.20. The van der Waals surface area contributed by atoms with Crippen LogP contribution in [0, 0.1) is 12.8 Å². The Bertz CT molecular complexity index is 872. The molecule has 4 nitrogen and oxygen atoms in total. The Balaban J connectivity index is 1.76. The number of amides is 1. The molecule has 4 heteroatoms. The van der Waals surface area contributed by atoms with Gasteiger partial charge in [-0.05, 0) is 41.7 Å². The third-order valence-corrected chi connectivity index (χ3v) is 5.19. The second-order valence-corrected chi connectivity index (χ2v) is 7.12. The van der Waals surface area contributed by atoms with Crippen LogP contribution in [0.3, 0.4) is 0 Å². The van der Waals surface area contributed by atoms with Gasteiger partial charge in [-0.15, -0.1) is 0 Å². The highest BCUT2D eigenvalue weighted by molar-refractivity contribution is 5.95. The molecule has 0 aliphatic heterocycles. The molecule has 27 heavy (non-hydrogen) atoms. The summed E-state index contributed by atoms with van der Waals surface area (Å²) in [6, 6.07) is 16.2. The van der Waals surface area contributed by atoms with Gasteiger partial charge < -0.3 is 9.88 Å². The topological polar surface area (TPSA) is 46.9 Å². The molecule has 2 atom stereocenters. The molecule has 1 aromatic heterocycles. The lowest BCUT2D eigenvalue weighted by atomic mass is 9.96. The van der Waals surface area contributed by atoms with Gasteiger partial charge in [-0.25, -0.2) is 4.98 Å². The van der Waals surface area contributed by atoms with E-state index in [2.05, 4.69) is 43.2 Å². The maximum atomic E-state index is 12.9. The van der Waals surface area contributed by atoms with Crippen molar-refractivity contribution in [3.05, 3.63) is 78.4 Å². The summed E-state index contributed by atoms with van der Waals surface area (Å²) >= 11 is 0. The first-order valence-corrected chi connectivity index (χ1v) is 9.51. The summed E-state index contributed by atoms with van der Waals surface area (Å²) in [7, 11) is 0. The normalized spacial score (nSPS) is 13.1. The zero-order valence-electron chi connectivity index (χ0n) is 16.2. The molecule has 3 rings (SSSR count). The van der Waals surface area contributed by atoms with Gasteiger partial charge in [0, 0.05) is 30.5 Å². The molecule has 1 heterocycles. The highest BCUT2D eigenvalue weighted by atomic mass is 16.1. The molecule has 0 radical (unpaired) electrons. The van der Waals surface area contributed by atoms with Crippen LogP contribution in [0.5, 0.6) is 0 Å². The lowest BCUT2D eigenvalue weighted by Gasteiger charge is -2.25. The van der Waals surface area contributed by atoms with Crippen molar-refractivity contribution in [3.8, 4) is 11.1 Å². The predicted molar refractivity (Wildman–Crippen MR) is 110 cm³/mol. The number of benzene rings is 2. The van der Waals surface area contributed by atoms with E-state index in [0.717, 1.165) is 24.1 Å². The fourth-order valence-corrected chi connectivity index (χ4v) is 3.27. The van der Waals surface area contributed by atoms with E-state index >= 15 is 0 Å². The SMILES string of the molecule is CC[C@H](C)[C@@H](Cn1ccnc1)NC(=O)c1ccc(-c2ccccc2)c(C)c1. The second kappa shape index (κ2) is 8.67. The van der Waals surface area contributed by atoms with Crippen LogP contribution in [0.4, 0.5) is 0 Å². The molecule has 3 aromatic rings. The van der Waals surface area contributed by atoms with Crippen LogP contribution in [0.15, 0.2) is 67.3 Å². The van der Waals surface area contributed by atoms with Crippen LogP contribution >= 0.6 is 0 Å². The monoisotopic (exact) mass is 361 g/mol. The first-order chi connectivity index (χ1) is 13.1. The number of aromatic nitrogens is 2. The summed E-state index contributed by atoms with van der Waals surface area (Å²) in [6.45, 7) is 7.10. The van der Waals surface area contributed by atoms with Crippen LogP contribution in [0.1, 0.15) is 36.2 Å². The molecule has 2 aromatic carbocycles. The molecule has 0 saturated carbocycles. The molecule has 0 saturated heterocycles. The molecule has 0 aliphatic carbocycles. The molecule has 0 fully saturated rings. The molecule has 0 spiro atoms. The molecular formula is C23H27N3O. The lowest BCUT2D eigenvalue weighted by Crippen LogP contribution is -2.42. The third kappa shape index (κ3) is 4.64. The molecular weight excluding hydrogens is 334 g/mol. The number of carbonyl (C=O) groups excluding carboxylic acids is 1. The Morgan fingerprint density at radius 1 is 1.19 bits per heavy atom.